The van der Waals surface area contributed by atoms with E-state index in [0.717, 1.165) is 21.8 Å². The molecule has 0 fully saturated rings. The van der Waals surface area contributed by atoms with E-state index in [9.17, 15) is 9.59 Å². The minimum atomic E-state index is -0.448. The second kappa shape index (κ2) is 5.01. The van der Waals surface area contributed by atoms with Crippen LogP contribution in [-0.2, 0) is 4.74 Å². The molecule has 2 heterocycles. The summed E-state index contributed by atoms with van der Waals surface area (Å²) in [6.45, 7) is 3.59. The Bertz CT molecular complexity index is 864. The van der Waals surface area contributed by atoms with Crippen LogP contribution in [-0.4, -0.2) is 28.3 Å². The van der Waals surface area contributed by atoms with E-state index in [1.165, 1.54) is 6.92 Å². The number of nitrogens with one attached hydrogen (secondary N) is 1. The molecule has 0 spiro atoms. The van der Waals surface area contributed by atoms with Gasteiger partial charge in [0.15, 0.2) is 5.78 Å². The Balaban J connectivity index is 2.22. The Morgan fingerprint density at radius 2 is 1.95 bits per heavy atom. The molecule has 21 heavy (non-hydrogen) atoms. The van der Waals surface area contributed by atoms with Gasteiger partial charge in [0, 0.05) is 21.9 Å². The van der Waals surface area contributed by atoms with Crippen molar-refractivity contribution in [3.63, 3.8) is 0 Å². The van der Waals surface area contributed by atoms with Gasteiger partial charge in [-0.25, -0.2) is 9.78 Å². The normalized spacial score (nSPS) is 11.0. The molecule has 0 aliphatic carbocycles. The summed E-state index contributed by atoms with van der Waals surface area (Å²) < 4.78 is 4.96. The number of hydrogen-bond acceptors (Lipinski definition) is 4. The first-order valence-electron chi connectivity index (χ1n) is 6.69. The Labute approximate surface area is 120 Å². The molecule has 0 unspecified atom stereocenters. The lowest BCUT2D eigenvalue weighted by Gasteiger charge is -2.01. The molecular formula is C16H14N2O3. The van der Waals surface area contributed by atoms with Crippen LogP contribution in [0.1, 0.15) is 34.7 Å². The van der Waals surface area contributed by atoms with Crippen LogP contribution >= 0.6 is 0 Å². The topological polar surface area (TPSA) is 72.0 Å². The van der Waals surface area contributed by atoms with Crippen molar-refractivity contribution in [3.8, 4) is 0 Å². The molecule has 5 nitrogen and oxygen atoms in total. The largest absolute Gasteiger partial charge is 0.461 e. The number of benzene rings is 1. The quantitative estimate of drug-likeness (QED) is 0.592. The molecule has 0 aliphatic heterocycles. The number of Topliss-reactive ketones (excluding diaryl/α,β-unsaturated/α-hetero) is 1. The second-order valence-electron chi connectivity index (χ2n) is 4.78. The fourth-order valence-corrected chi connectivity index (χ4v) is 2.33. The maximum atomic E-state index is 11.8. The molecule has 0 amide bonds. The standard InChI is InChI=1S/C16H14N2O3/c1-3-21-16(20)14-7-12-11-6-10(9(2)19)4-5-13(11)18-15(12)8-17-14/h4-8,18H,3H2,1-2H3. The molecule has 1 aromatic carbocycles. The van der Waals surface area contributed by atoms with E-state index in [2.05, 4.69) is 9.97 Å². The summed E-state index contributed by atoms with van der Waals surface area (Å²) in [6.07, 6.45) is 1.61. The number of H-pyrrole nitrogens is 1. The average Bonchev–Trinajstić information content (AvgIpc) is 2.84. The SMILES string of the molecule is CCOC(=O)c1cc2c(cn1)[nH]c1ccc(C(C)=O)cc12. The monoisotopic (exact) mass is 282 g/mol. The third-order valence-electron chi connectivity index (χ3n) is 3.37. The van der Waals surface area contributed by atoms with Gasteiger partial charge in [-0.2, -0.15) is 0 Å². The van der Waals surface area contributed by atoms with Crippen molar-refractivity contribution in [1.29, 1.82) is 0 Å². The molecule has 0 saturated heterocycles. The van der Waals surface area contributed by atoms with Crippen LogP contribution in [0.2, 0.25) is 0 Å². The summed E-state index contributed by atoms with van der Waals surface area (Å²) in [5.41, 5.74) is 2.62. The summed E-state index contributed by atoms with van der Waals surface area (Å²) >= 11 is 0. The number of nitrogens with zero attached hydrogens (tertiary/aromatic N) is 1. The van der Waals surface area contributed by atoms with Gasteiger partial charge in [-0.3, -0.25) is 4.79 Å². The summed E-state index contributed by atoms with van der Waals surface area (Å²) in [7, 11) is 0. The van der Waals surface area contributed by atoms with Crippen LogP contribution in [0.3, 0.4) is 0 Å². The Kier molecular flexibility index (Phi) is 3.17. The molecule has 2 aromatic heterocycles. The Hall–Kier alpha value is -2.69. The number of ether oxygens (including phenoxy) is 1. The average molecular weight is 282 g/mol. The molecule has 106 valence electrons. The molecule has 0 bridgehead atoms. The highest BCUT2D eigenvalue weighted by atomic mass is 16.5. The van der Waals surface area contributed by atoms with Crippen LogP contribution < -0.4 is 0 Å². The number of ketones is 1. The van der Waals surface area contributed by atoms with Gasteiger partial charge in [-0.15, -0.1) is 0 Å². The highest BCUT2D eigenvalue weighted by molar-refractivity contribution is 6.11. The first-order valence-corrected chi connectivity index (χ1v) is 6.69. The van der Waals surface area contributed by atoms with Crippen molar-refractivity contribution >= 4 is 33.6 Å². The van der Waals surface area contributed by atoms with Crippen molar-refractivity contribution in [2.45, 2.75) is 13.8 Å². The lowest BCUT2D eigenvalue weighted by atomic mass is 10.1. The molecule has 5 heteroatoms. The van der Waals surface area contributed by atoms with Crippen molar-refractivity contribution in [1.82, 2.24) is 9.97 Å². The fourth-order valence-electron chi connectivity index (χ4n) is 2.33. The van der Waals surface area contributed by atoms with E-state index in [-0.39, 0.29) is 11.5 Å². The predicted molar refractivity (Wildman–Crippen MR) is 79.6 cm³/mol. The van der Waals surface area contributed by atoms with Crippen LogP contribution in [0.15, 0.2) is 30.5 Å². The number of fused-ring (bicyclic) bond motifs is 3. The van der Waals surface area contributed by atoms with Crippen LogP contribution in [0, 0.1) is 0 Å². The summed E-state index contributed by atoms with van der Waals surface area (Å²) in [5.74, 6) is -0.442. The van der Waals surface area contributed by atoms with Crippen molar-refractivity contribution in [2.24, 2.45) is 0 Å². The number of aromatic nitrogens is 2. The number of carbonyl (C=O) groups is 2. The fraction of sp³-hybridized carbons (Fsp3) is 0.188. The first kappa shape index (κ1) is 13.3. The van der Waals surface area contributed by atoms with Crippen LogP contribution in [0.5, 0.6) is 0 Å². The smallest absolute Gasteiger partial charge is 0.356 e. The van der Waals surface area contributed by atoms with E-state index in [4.69, 9.17) is 4.74 Å². The third kappa shape index (κ3) is 2.27. The molecule has 0 saturated carbocycles. The molecule has 0 atom stereocenters. The molecule has 3 rings (SSSR count). The minimum Gasteiger partial charge on any atom is -0.461 e. The van der Waals surface area contributed by atoms with Crippen molar-refractivity contribution < 1.29 is 14.3 Å². The number of carbonyl (C=O) groups excluding carboxylic acids is 2. The zero-order valence-electron chi connectivity index (χ0n) is 11.8. The molecule has 1 N–H and O–H groups in total. The first-order chi connectivity index (χ1) is 10.1. The lowest BCUT2D eigenvalue weighted by Crippen LogP contribution is -2.06. The lowest BCUT2D eigenvalue weighted by molar-refractivity contribution is 0.0519. The number of rotatable bonds is 3. The van der Waals surface area contributed by atoms with Crippen LogP contribution in [0.25, 0.3) is 21.8 Å². The molecule has 0 aliphatic rings. The maximum Gasteiger partial charge on any atom is 0.356 e. The Morgan fingerprint density at radius 1 is 1.19 bits per heavy atom. The highest BCUT2D eigenvalue weighted by Crippen LogP contribution is 2.26. The maximum absolute atomic E-state index is 11.8. The van der Waals surface area contributed by atoms with E-state index in [0.29, 0.717) is 12.2 Å². The van der Waals surface area contributed by atoms with Gasteiger partial charge in [0.25, 0.3) is 0 Å². The van der Waals surface area contributed by atoms with E-state index >= 15 is 0 Å². The predicted octanol–water partition coefficient (Wildman–Crippen LogP) is 3.10. The van der Waals surface area contributed by atoms with Gasteiger partial charge >= 0.3 is 5.97 Å². The zero-order chi connectivity index (χ0) is 15.0. The van der Waals surface area contributed by atoms with Gasteiger partial charge in [0.05, 0.1) is 18.3 Å². The number of pyridine rings is 1. The number of aromatic amines is 1. The van der Waals surface area contributed by atoms with E-state index in [1.54, 1.807) is 25.3 Å². The minimum absolute atomic E-state index is 0.00548. The van der Waals surface area contributed by atoms with Crippen molar-refractivity contribution in [3.05, 3.63) is 41.7 Å². The summed E-state index contributed by atoms with van der Waals surface area (Å²) in [6, 6.07) is 7.15. The second-order valence-corrected chi connectivity index (χ2v) is 4.78. The summed E-state index contributed by atoms with van der Waals surface area (Å²) in [5, 5.41) is 1.75. The molecule has 0 radical (unpaired) electrons. The summed E-state index contributed by atoms with van der Waals surface area (Å²) in [4.78, 5) is 30.6. The van der Waals surface area contributed by atoms with Crippen LogP contribution in [0.4, 0.5) is 0 Å². The van der Waals surface area contributed by atoms with E-state index < -0.39 is 5.97 Å². The zero-order valence-corrected chi connectivity index (χ0v) is 11.8. The van der Waals surface area contributed by atoms with Crippen molar-refractivity contribution in [2.75, 3.05) is 6.61 Å². The third-order valence-corrected chi connectivity index (χ3v) is 3.37. The number of hydrogen-bond donors (Lipinski definition) is 1. The molecular weight excluding hydrogens is 268 g/mol. The van der Waals surface area contributed by atoms with Gasteiger partial charge < -0.3 is 9.72 Å². The van der Waals surface area contributed by atoms with Gasteiger partial charge in [-0.1, -0.05) is 0 Å². The van der Waals surface area contributed by atoms with E-state index in [1.807, 2.05) is 12.1 Å². The highest BCUT2D eigenvalue weighted by Gasteiger charge is 2.12. The molecule has 3 aromatic rings. The number of esters is 1. The van der Waals surface area contributed by atoms with Gasteiger partial charge in [-0.05, 0) is 38.1 Å². The Morgan fingerprint density at radius 3 is 2.67 bits per heavy atom. The van der Waals surface area contributed by atoms with Gasteiger partial charge in [0.2, 0.25) is 0 Å². The van der Waals surface area contributed by atoms with Gasteiger partial charge in [0.1, 0.15) is 5.69 Å².